The standard InChI is InChI=1S/C22H27FN4O3/c1-4-24-22(27-13-15(2)19(14-27)21(28)29-3)26-12-16-5-10-20(25-11-16)30-18-8-6-17(23)7-9-18/h5-11,15,19H,4,12-14H2,1-3H3,(H,24,26). The van der Waals surface area contributed by atoms with Gasteiger partial charge >= 0.3 is 5.97 Å². The van der Waals surface area contributed by atoms with Gasteiger partial charge in [0.2, 0.25) is 5.88 Å². The smallest absolute Gasteiger partial charge is 0.310 e. The summed E-state index contributed by atoms with van der Waals surface area (Å²) in [7, 11) is 1.42. The Labute approximate surface area is 175 Å². The molecule has 1 aliphatic heterocycles. The number of methoxy groups -OCH3 is 1. The minimum absolute atomic E-state index is 0.150. The molecule has 0 bridgehead atoms. The summed E-state index contributed by atoms with van der Waals surface area (Å²) in [6.45, 7) is 6.57. The first kappa shape index (κ1) is 21.5. The monoisotopic (exact) mass is 414 g/mol. The van der Waals surface area contributed by atoms with E-state index in [1.54, 1.807) is 24.4 Å². The average Bonchev–Trinajstić information content (AvgIpc) is 3.14. The fraction of sp³-hybridized carbons (Fsp3) is 0.409. The molecule has 1 aliphatic rings. The molecule has 7 nitrogen and oxygen atoms in total. The number of hydrogen-bond donors (Lipinski definition) is 1. The molecule has 0 radical (unpaired) electrons. The molecule has 8 heteroatoms. The largest absolute Gasteiger partial charge is 0.469 e. The minimum Gasteiger partial charge on any atom is -0.469 e. The van der Waals surface area contributed by atoms with Gasteiger partial charge in [-0.1, -0.05) is 13.0 Å². The Morgan fingerprint density at radius 3 is 2.67 bits per heavy atom. The molecule has 1 fully saturated rings. The lowest BCUT2D eigenvalue weighted by Crippen LogP contribution is -2.40. The number of nitrogens with zero attached hydrogens (tertiary/aromatic N) is 3. The van der Waals surface area contributed by atoms with Crippen LogP contribution in [0.5, 0.6) is 11.6 Å². The van der Waals surface area contributed by atoms with Crippen LogP contribution in [-0.4, -0.2) is 48.6 Å². The van der Waals surface area contributed by atoms with Crippen molar-refractivity contribution in [3.05, 3.63) is 54.0 Å². The molecule has 0 saturated carbocycles. The molecule has 2 heterocycles. The van der Waals surface area contributed by atoms with Crippen LogP contribution in [0.4, 0.5) is 4.39 Å². The maximum absolute atomic E-state index is 13.0. The Bertz CT molecular complexity index is 871. The number of aromatic nitrogens is 1. The fourth-order valence-corrected chi connectivity index (χ4v) is 3.38. The molecule has 1 aromatic carbocycles. The van der Waals surface area contributed by atoms with Gasteiger partial charge in [0.1, 0.15) is 11.6 Å². The highest BCUT2D eigenvalue weighted by molar-refractivity contribution is 5.82. The summed E-state index contributed by atoms with van der Waals surface area (Å²) in [5.74, 6) is 1.27. The minimum atomic E-state index is -0.315. The van der Waals surface area contributed by atoms with Crippen molar-refractivity contribution in [3.8, 4) is 11.6 Å². The highest BCUT2D eigenvalue weighted by atomic mass is 19.1. The molecule has 160 valence electrons. The Hall–Kier alpha value is -3.16. The van der Waals surface area contributed by atoms with Crippen molar-refractivity contribution >= 4 is 11.9 Å². The topological polar surface area (TPSA) is 76.1 Å². The third kappa shape index (κ3) is 5.46. The molecular formula is C22H27FN4O3. The zero-order valence-corrected chi connectivity index (χ0v) is 17.5. The number of ether oxygens (including phenoxy) is 2. The molecule has 30 heavy (non-hydrogen) atoms. The molecule has 2 atom stereocenters. The van der Waals surface area contributed by atoms with E-state index in [0.29, 0.717) is 24.7 Å². The normalized spacial score (nSPS) is 18.9. The van der Waals surface area contributed by atoms with Gasteiger partial charge in [-0.15, -0.1) is 0 Å². The predicted octanol–water partition coefficient (Wildman–Crippen LogP) is 3.22. The van der Waals surface area contributed by atoms with Crippen LogP contribution in [0.2, 0.25) is 0 Å². The molecule has 0 aliphatic carbocycles. The second-order valence-corrected chi connectivity index (χ2v) is 7.24. The molecule has 0 spiro atoms. The van der Waals surface area contributed by atoms with Gasteiger partial charge in [0.05, 0.1) is 19.6 Å². The number of likely N-dealkylation sites (tertiary alicyclic amines) is 1. The van der Waals surface area contributed by atoms with Gasteiger partial charge in [-0.2, -0.15) is 0 Å². The van der Waals surface area contributed by atoms with Gasteiger partial charge in [-0.3, -0.25) is 4.79 Å². The van der Waals surface area contributed by atoms with E-state index >= 15 is 0 Å². The van der Waals surface area contributed by atoms with Gasteiger partial charge < -0.3 is 19.7 Å². The number of halogens is 1. The Morgan fingerprint density at radius 2 is 2.03 bits per heavy atom. The number of pyridine rings is 1. The van der Waals surface area contributed by atoms with E-state index in [1.807, 2.05) is 13.0 Å². The molecule has 3 rings (SSSR count). The number of nitrogens with one attached hydrogen (secondary N) is 1. The van der Waals surface area contributed by atoms with E-state index in [4.69, 9.17) is 14.5 Å². The molecular weight excluding hydrogens is 387 g/mol. The summed E-state index contributed by atoms with van der Waals surface area (Å²) in [4.78, 5) is 23.0. The number of aliphatic imine (C=N–C) groups is 1. The molecule has 2 unspecified atom stereocenters. The fourth-order valence-electron chi connectivity index (χ4n) is 3.38. The van der Waals surface area contributed by atoms with E-state index < -0.39 is 0 Å². The van der Waals surface area contributed by atoms with Crippen molar-refractivity contribution in [2.75, 3.05) is 26.7 Å². The highest BCUT2D eigenvalue weighted by Gasteiger charge is 2.36. The summed E-state index contributed by atoms with van der Waals surface area (Å²) in [5.41, 5.74) is 0.925. The van der Waals surface area contributed by atoms with Crippen LogP contribution in [0.3, 0.4) is 0 Å². The second kappa shape index (κ2) is 10.0. The quantitative estimate of drug-likeness (QED) is 0.444. The van der Waals surface area contributed by atoms with Gasteiger partial charge in [-0.25, -0.2) is 14.4 Å². The number of carbonyl (C=O) groups is 1. The summed E-state index contributed by atoms with van der Waals surface area (Å²) >= 11 is 0. The maximum atomic E-state index is 13.0. The van der Waals surface area contributed by atoms with Crippen LogP contribution >= 0.6 is 0 Å². The number of esters is 1. The van der Waals surface area contributed by atoms with Gasteiger partial charge in [0.25, 0.3) is 0 Å². The first-order valence-electron chi connectivity index (χ1n) is 9.99. The SMILES string of the molecule is CCNC(=NCc1ccc(Oc2ccc(F)cc2)nc1)N1CC(C)C(C(=O)OC)C1. The maximum Gasteiger partial charge on any atom is 0.310 e. The van der Waals surface area contributed by atoms with Crippen LogP contribution in [0, 0.1) is 17.7 Å². The van der Waals surface area contributed by atoms with Crippen molar-refractivity contribution in [1.29, 1.82) is 0 Å². The van der Waals surface area contributed by atoms with Crippen LogP contribution in [0.1, 0.15) is 19.4 Å². The Balaban J connectivity index is 1.63. The van der Waals surface area contributed by atoms with Crippen molar-refractivity contribution in [1.82, 2.24) is 15.2 Å². The number of carbonyl (C=O) groups excluding carboxylic acids is 1. The van der Waals surface area contributed by atoms with Crippen LogP contribution in [0.25, 0.3) is 0 Å². The summed E-state index contributed by atoms with van der Waals surface area (Å²) in [6, 6.07) is 9.43. The van der Waals surface area contributed by atoms with Crippen LogP contribution in [0.15, 0.2) is 47.6 Å². The first-order chi connectivity index (χ1) is 14.5. The molecule has 1 aromatic heterocycles. The van der Waals surface area contributed by atoms with Gasteiger partial charge in [-0.05, 0) is 42.7 Å². The summed E-state index contributed by atoms with van der Waals surface area (Å²) < 4.78 is 23.5. The first-order valence-corrected chi connectivity index (χ1v) is 9.99. The Kier molecular flexibility index (Phi) is 7.21. The lowest BCUT2D eigenvalue weighted by atomic mass is 9.99. The highest BCUT2D eigenvalue weighted by Crippen LogP contribution is 2.24. The van der Waals surface area contributed by atoms with Gasteiger partial charge in [0.15, 0.2) is 5.96 Å². The zero-order valence-electron chi connectivity index (χ0n) is 17.5. The van der Waals surface area contributed by atoms with E-state index in [1.165, 1.54) is 19.2 Å². The van der Waals surface area contributed by atoms with E-state index in [9.17, 15) is 9.18 Å². The summed E-state index contributed by atoms with van der Waals surface area (Å²) in [5, 5.41) is 3.29. The zero-order chi connectivity index (χ0) is 21.5. The van der Waals surface area contributed by atoms with Crippen LogP contribution in [-0.2, 0) is 16.1 Å². The average molecular weight is 414 g/mol. The number of benzene rings is 1. The van der Waals surface area contributed by atoms with Crippen molar-refractivity contribution in [3.63, 3.8) is 0 Å². The predicted molar refractivity (Wildman–Crippen MR) is 112 cm³/mol. The van der Waals surface area contributed by atoms with Crippen molar-refractivity contribution in [2.24, 2.45) is 16.8 Å². The van der Waals surface area contributed by atoms with E-state index in [0.717, 1.165) is 24.6 Å². The number of rotatable bonds is 6. The van der Waals surface area contributed by atoms with E-state index in [2.05, 4.69) is 22.1 Å². The molecule has 2 aromatic rings. The van der Waals surface area contributed by atoms with Crippen LogP contribution < -0.4 is 10.1 Å². The lowest BCUT2D eigenvalue weighted by Gasteiger charge is -2.21. The molecule has 1 N–H and O–H groups in total. The Morgan fingerprint density at radius 1 is 1.27 bits per heavy atom. The van der Waals surface area contributed by atoms with Crippen molar-refractivity contribution < 1.29 is 18.7 Å². The molecule has 0 amide bonds. The number of hydrogen-bond acceptors (Lipinski definition) is 5. The second-order valence-electron chi connectivity index (χ2n) is 7.24. The number of guanidine groups is 1. The van der Waals surface area contributed by atoms with Gasteiger partial charge in [0, 0.05) is 31.9 Å². The third-order valence-corrected chi connectivity index (χ3v) is 5.00. The van der Waals surface area contributed by atoms with Crippen molar-refractivity contribution in [2.45, 2.75) is 20.4 Å². The lowest BCUT2D eigenvalue weighted by molar-refractivity contribution is -0.145. The van der Waals surface area contributed by atoms with E-state index in [-0.39, 0.29) is 23.6 Å². The summed E-state index contributed by atoms with van der Waals surface area (Å²) in [6.07, 6.45) is 1.70. The third-order valence-electron chi connectivity index (χ3n) is 5.00. The molecule has 1 saturated heterocycles.